The molecule has 0 radical (unpaired) electrons. The number of aromatic nitrogens is 2. The van der Waals surface area contributed by atoms with Gasteiger partial charge in [0, 0.05) is 26.7 Å². The van der Waals surface area contributed by atoms with Crippen LogP contribution in [0.5, 0.6) is 0 Å². The van der Waals surface area contributed by atoms with Crippen molar-refractivity contribution in [2.24, 2.45) is 5.41 Å². The highest BCUT2D eigenvalue weighted by Gasteiger charge is 2.48. The van der Waals surface area contributed by atoms with E-state index in [9.17, 15) is 9.59 Å². The molecule has 2 aliphatic heterocycles. The maximum Gasteiger partial charge on any atom is 0.292 e. The van der Waals surface area contributed by atoms with Crippen LogP contribution in [0.3, 0.4) is 0 Å². The zero-order chi connectivity index (χ0) is 17.2. The van der Waals surface area contributed by atoms with Crippen LogP contribution in [0, 0.1) is 5.41 Å². The Morgan fingerprint density at radius 3 is 3.00 bits per heavy atom. The van der Waals surface area contributed by atoms with E-state index < -0.39 is 0 Å². The Hall–Kier alpha value is -2.00. The van der Waals surface area contributed by atoms with Gasteiger partial charge in [0.2, 0.25) is 11.8 Å². The molecule has 0 aromatic carbocycles. The summed E-state index contributed by atoms with van der Waals surface area (Å²) in [6.45, 7) is 2.97. The maximum atomic E-state index is 12.8. The molecule has 1 atom stereocenters. The maximum absolute atomic E-state index is 12.8. The number of rotatable bonds is 5. The van der Waals surface area contributed by atoms with Gasteiger partial charge in [0.1, 0.15) is 0 Å². The number of piperidine rings is 1. The highest BCUT2D eigenvalue weighted by molar-refractivity contribution is 5.89. The largest absolute Gasteiger partial charge is 0.395 e. The Balaban J connectivity index is 1.63. The highest BCUT2D eigenvalue weighted by Crippen LogP contribution is 2.40. The molecular formula is C15H23N5O4. The molecule has 2 fully saturated rings. The van der Waals surface area contributed by atoms with Crippen molar-refractivity contribution in [3.8, 4) is 0 Å². The fraction of sp³-hybridized carbons (Fsp3) is 0.733. The Bertz CT molecular complexity index is 617. The minimum Gasteiger partial charge on any atom is -0.395 e. The first-order chi connectivity index (χ1) is 11.6. The van der Waals surface area contributed by atoms with Crippen molar-refractivity contribution in [1.29, 1.82) is 0 Å². The summed E-state index contributed by atoms with van der Waals surface area (Å²) in [6, 6.07) is 0. The fourth-order valence-electron chi connectivity index (χ4n) is 3.67. The average molecular weight is 337 g/mol. The number of carbonyl (C=O) groups excluding carboxylic acids is 2. The summed E-state index contributed by atoms with van der Waals surface area (Å²) in [5, 5.41) is 15.2. The number of aliphatic hydroxyl groups excluding tert-OH is 1. The van der Waals surface area contributed by atoms with E-state index in [1.807, 2.05) is 0 Å². The van der Waals surface area contributed by atoms with Crippen molar-refractivity contribution in [3.63, 3.8) is 0 Å². The second-order valence-electron chi connectivity index (χ2n) is 6.45. The number of nitrogens with one attached hydrogen (secondary N) is 1. The molecule has 0 aliphatic carbocycles. The Kier molecular flexibility index (Phi) is 4.81. The van der Waals surface area contributed by atoms with E-state index in [1.165, 1.54) is 7.05 Å². The van der Waals surface area contributed by atoms with E-state index in [-0.39, 0.29) is 29.7 Å². The van der Waals surface area contributed by atoms with Crippen molar-refractivity contribution in [2.45, 2.75) is 25.8 Å². The average Bonchev–Trinajstić information content (AvgIpc) is 3.20. The van der Waals surface area contributed by atoms with Gasteiger partial charge in [-0.2, -0.15) is 4.98 Å². The zero-order valence-electron chi connectivity index (χ0n) is 13.8. The molecule has 0 unspecified atom stereocenters. The summed E-state index contributed by atoms with van der Waals surface area (Å²) in [4.78, 5) is 32.2. The molecule has 3 heterocycles. The minimum atomic E-state index is -0.384. The summed E-state index contributed by atoms with van der Waals surface area (Å²) in [5.41, 5.74) is -0.364. The van der Waals surface area contributed by atoms with Crippen molar-refractivity contribution in [3.05, 3.63) is 11.7 Å². The van der Waals surface area contributed by atoms with Crippen LogP contribution in [0.25, 0.3) is 0 Å². The zero-order valence-corrected chi connectivity index (χ0v) is 13.8. The molecule has 2 aliphatic rings. The van der Waals surface area contributed by atoms with Crippen LogP contribution >= 0.6 is 0 Å². The van der Waals surface area contributed by atoms with Gasteiger partial charge in [-0.15, -0.1) is 0 Å². The second-order valence-corrected chi connectivity index (χ2v) is 6.45. The lowest BCUT2D eigenvalue weighted by Crippen LogP contribution is -2.50. The first-order valence-corrected chi connectivity index (χ1v) is 8.25. The van der Waals surface area contributed by atoms with Gasteiger partial charge in [-0.1, -0.05) is 5.16 Å². The van der Waals surface area contributed by atoms with E-state index in [4.69, 9.17) is 9.63 Å². The van der Waals surface area contributed by atoms with Gasteiger partial charge in [0.25, 0.3) is 11.7 Å². The SMILES string of the molecule is CNC(=O)c1noc(CN2CC[C@]3(CCCN(CCO)C3=O)C2)n1. The van der Waals surface area contributed by atoms with Crippen LogP contribution in [0.1, 0.15) is 35.8 Å². The van der Waals surface area contributed by atoms with Crippen molar-refractivity contribution in [2.75, 3.05) is 39.8 Å². The van der Waals surface area contributed by atoms with Gasteiger partial charge in [-0.05, 0) is 25.8 Å². The summed E-state index contributed by atoms with van der Waals surface area (Å²) in [6.07, 6.45) is 2.63. The van der Waals surface area contributed by atoms with Crippen LogP contribution in [0.15, 0.2) is 4.52 Å². The first kappa shape index (κ1) is 16.8. The number of aliphatic hydroxyl groups is 1. The molecular weight excluding hydrogens is 314 g/mol. The predicted octanol–water partition coefficient (Wildman–Crippen LogP) is -0.764. The molecule has 2 N–H and O–H groups in total. The van der Waals surface area contributed by atoms with Crippen LogP contribution in [-0.4, -0.2) is 76.7 Å². The van der Waals surface area contributed by atoms with Crippen molar-refractivity contribution < 1.29 is 19.2 Å². The topological polar surface area (TPSA) is 112 Å². The molecule has 132 valence electrons. The normalized spacial score (nSPS) is 24.8. The number of β-amino-alcohol motifs (C(OH)–C–C–N with tert-alkyl or cyclic N) is 1. The van der Waals surface area contributed by atoms with Crippen LogP contribution in [0.2, 0.25) is 0 Å². The molecule has 2 amide bonds. The van der Waals surface area contributed by atoms with E-state index >= 15 is 0 Å². The minimum absolute atomic E-state index is 0.00418. The Labute approximate surface area is 140 Å². The third-order valence-electron chi connectivity index (χ3n) is 4.88. The molecule has 0 bridgehead atoms. The lowest BCUT2D eigenvalue weighted by atomic mass is 9.78. The van der Waals surface area contributed by atoms with Gasteiger partial charge in [-0.3, -0.25) is 14.5 Å². The lowest BCUT2D eigenvalue weighted by molar-refractivity contribution is -0.146. The van der Waals surface area contributed by atoms with Gasteiger partial charge in [0.05, 0.1) is 18.6 Å². The quantitative estimate of drug-likeness (QED) is 0.726. The lowest BCUT2D eigenvalue weighted by Gasteiger charge is -2.39. The van der Waals surface area contributed by atoms with Gasteiger partial charge in [-0.25, -0.2) is 0 Å². The molecule has 1 spiro atoms. The first-order valence-electron chi connectivity index (χ1n) is 8.25. The summed E-state index contributed by atoms with van der Waals surface area (Å²) >= 11 is 0. The smallest absolute Gasteiger partial charge is 0.292 e. The molecule has 1 aromatic rings. The molecule has 9 nitrogen and oxygen atoms in total. The molecule has 0 saturated carbocycles. The number of likely N-dealkylation sites (tertiary alicyclic amines) is 2. The third-order valence-corrected chi connectivity index (χ3v) is 4.88. The van der Waals surface area contributed by atoms with Crippen LogP contribution in [-0.2, 0) is 11.3 Å². The summed E-state index contributed by atoms with van der Waals surface area (Å²) < 4.78 is 5.12. The van der Waals surface area contributed by atoms with Crippen molar-refractivity contribution in [1.82, 2.24) is 25.3 Å². The van der Waals surface area contributed by atoms with Gasteiger partial charge < -0.3 is 19.8 Å². The van der Waals surface area contributed by atoms with E-state index in [2.05, 4.69) is 20.4 Å². The molecule has 24 heavy (non-hydrogen) atoms. The monoisotopic (exact) mass is 337 g/mol. The van der Waals surface area contributed by atoms with E-state index in [0.29, 0.717) is 25.5 Å². The molecule has 9 heteroatoms. The Morgan fingerprint density at radius 1 is 1.42 bits per heavy atom. The molecule has 2 saturated heterocycles. The molecule has 1 aromatic heterocycles. The highest BCUT2D eigenvalue weighted by atomic mass is 16.5. The van der Waals surface area contributed by atoms with E-state index in [0.717, 1.165) is 32.4 Å². The standard InChI is InChI=1S/C15H23N5O4/c1-16-13(22)12-17-11(24-18-12)9-19-6-4-15(10-19)3-2-5-20(7-8-21)14(15)23/h21H,2-10H2,1H3,(H,16,22)/t15-/m1/s1. The number of nitrogens with zero attached hydrogens (tertiary/aromatic N) is 4. The number of amides is 2. The summed E-state index contributed by atoms with van der Waals surface area (Å²) in [7, 11) is 1.51. The Morgan fingerprint density at radius 2 is 2.25 bits per heavy atom. The number of hydrogen-bond acceptors (Lipinski definition) is 7. The van der Waals surface area contributed by atoms with Crippen LogP contribution < -0.4 is 5.32 Å². The number of carbonyl (C=O) groups is 2. The third kappa shape index (κ3) is 3.13. The fourth-order valence-corrected chi connectivity index (χ4v) is 3.67. The van der Waals surface area contributed by atoms with Gasteiger partial charge in [0.15, 0.2) is 0 Å². The predicted molar refractivity (Wildman–Crippen MR) is 82.9 cm³/mol. The van der Waals surface area contributed by atoms with Crippen molar-refractivity contribution >= 4 is 11.8 Å². The number of hydrogen-bond donors (Lipinski definition) is 2. The summed E-state index contributed by atoms with van der Waals surface area (Å²) in [5.74, 6) is 0.150. The van der Waals surface area contributed by atoms with Crippen LogP contribution in [0.4, 0.5) is 0 Å². The van der Waals surface area contributed by atoms with Gasteiger partial charge >= 0.3 is 0 Å². The second kappa shape index (κ2) is 6.86. The molecule has 3 rings (SSSR count). The van der Waals surface area contributed by atoms with E-state index in [1.54, 1.807) is 4.90 Å².